The highest BCUT2D eigenvalue weighted by Gasteiger charge is 2.31. The number of carbonyl (C=O) groups is 1. The summed E-state index contributed by atoms with van der Waals surface area (Å²) in [6.45, 7) is 7.07. The van der Waals surface area contributed by atoms with Crippen molar-refractivity contribution in [1.29, 1.82) is 0 Å². The Labute approximate surface area is 158 Å². The fourth-order valence-electron chi connectivity index (χ4n) is 4.53. The van der Waals surface area contributed by atoms with Gasteiger partial charge in [-0.05, 0) is 24.9 Å². The topological polar surface area (TPSA) is 20.3 Å². The Kier molecular flexibility index (Phi) is 9.58. The van der Waals surface area contributed by atoms with Crippen LogP contribution < -0.4 is 0 Å². The van der Waals surface area contributed by atoms with Gasteiger partial charge in [0.05, 0.1) is 8.07 Å². The SMILES string of the molecule is C[Si]1(C)CCN(C(=O)C2CCCCCCCCCCCCCC2)CC1. The second kappa shape index (κ2) is 11.4. The van der Waals surface area contributed by atoms with Gasteiger partial charge < -0.3 is 4.90 Å². The van der Waals surface area contributed by atoms with Crippen LogP contribution in [0.3, 0.4) is 0 Å². The van der Waals surface area contributed by atoms with E-state index in [-0.39, 0.29) is 0 Å². The number of hydrogen-bond acceptors (Lipinski definition) is 1. The highest BCUT2D eigenvalue weighted by molar-refractivity contribution is 6.77. The summed E-state index contributed by atoms with van der Waals surface area (Å²) < 4.78 is 0. The summed E-state index contributed by atoms with van der Waals surface area (Å²) in [4.78, 5) is 15.3. The lowest BCUT2D eigenvalue weighted by molar-refractivity contribution is -0.136. The van der Waals surface area contributed by atoms with Gasteiger partial charge in [0, 0.05) is 19.0 Å². The van der Waals surface area contributed by atoms with E-state index in [2.05, 4.69) is 18.0 Å². The fraction of sp³-hybridized carbons (Fsp3) is 0.955. The monoisotopic (exact) mass is 365 g/mol. The van der Waals surface area contributed by atoms with Crippen LogP contribution in [0.25, 0.3) is 0 Å². The van der Waals surface area contributed by atoms with Gasteiger partial charge in [-0.15, -0.1) is 0 Å². The van der Waals surface area contributed by atoms with Crippen LogP contribution in [0.5, 0.6) is 0 Å². The van der Waals surface area contributed by atoms with E-state index in [9.17, 15) is 4.79 Å². The largest absolute Gasteiger partial charge is 0.343 e. The third-order valence-corrected chi connectivity index (χ3v) is 9.79. The van der Waals surface area contributed by atoms with E-state index in [1.807, 2.05) is 0 Å². The van der Waals surface area contributed by atoms with Crippen molar-refractivity contribution >= 4 is 14.0 Å². The van der Waals surface area contributed by atoms with E-state index in [0.29, 0.717) is 11.8 Å². The molecule has 0 radical (unpaired) electrons. The van der Waals surface area contributed by atoms with Crippen LogP contribution in [-0.2, 0) is 4.79 Å². The molecule has 1 saturated carbocycles. The molecule has 2 fully saturated rings. The molecule has 25 heavy (non-hydrogen) atoms. The molecule has 2 aliphatic rings. The number of nitrogens with zero attached hydrogens (tertiary/aromatic N) is 1. The number of amides is 1. The molecule has 146 valence electrons. The fourth-order valence-corrected chi connectivity index (χ4v) is 6.53. The molecule has 1 saturated heterocycles. The van der Waals surface area contributed by atoms with E-state index in [1.165, 1.54) is 89.1 Å². The van der Waals surface area contributed by atoms with Crippen molar-refractivity contribution < 1.29 is 4.79 Å². The first-order valence-electron chi connectivity index (χ1n) is 11.4. The minimum Gasteiger partial charge on any atom is -0.343 e. The number of rotatable bonds is 1. The summed E-state index contributed by atoms with van der Waals surface area (Å²) in [7, 11) is -0.982. The molecule has 1 aliphatic heterocycles. The van der Waals surface area contributed by atoms with Crippen LogP contribution >= 0.6 is 0 Å². The average molecular weight is 366 g/mol. The predicted molar refractivity (Wildman–Crippen MR) is 112 cm³/mol. The van der Waals surface area contributed by atoms with Crippen LogP contribution in [0.4, 0.5) is 0 Å². The molecule has 1 amide bonds. The van der Waals surface area contributed by atoms with Crippen LogP contribution in [0.15, 0.2) is 0 Å². The smallest absolute Gasteiger partial charge is 0.225 e. The molecular formula is C22H43NOSi. The van der Waals surface area contributed by atoms with Crippen LogP contribution in [0.1, 0.15) is 89.9 Å². The molecule has 0 atom stereocenters. The summed E-state index contributed by atoms with van der Waals surface area (Å²) in [6.07, 6.45) is 18.8. The Morgan fingerprint density at radius 1 is 0.680 bits per heavy atom. The van der Waals surface area contributed by atoms with Gasteiger partial charge in [-0.1, -0.05) is 90.1 Å². The first-order valence-corrected chi connectivity index (χ1v) is 14.8. The molecular weight excluding hydrogens is 322 g/mol. The first-order chi connectivity index (χ1) is 12.1. The summed E-state index contributed by atoms with van der Waals surface area (Å²) in [5.74, 6) is 0.835. The summed E-state index contributed by atoms with van der Waals surface area (Å²) >= 11 is 0. The zero-order valence-corrected chi connectivity index (χ0v) is 18.2. The number of carbonyl (C=O) groups excluding carboxylic acids is 1. The van der Waals surface area contributed by atoms with Gasteiger partial charge in [0.2, 0.25) is 5.91 Å². The van der Waals surface area contributed by atoms with E-state index in [1.54, 1.807) is 0 Å². The summed E-state index contributed by atoms with van der Waals surface area (Å²) in [5, 5.41) is 0. The third kappa shape index (κ3) is 8.28. The standard InChI is InChI=1S/C22H43NOSi/c1-25(2)19-17-23(18-20-25)22(24)21-15-13-11-9-7-5-3-4-6-8-10-12-14-16-21/h21H,3-20H2,1-2H3. The van der Waals surface area contributed by atoms with Gasteiger partial charge in [0.15, 0.2) is 0 Å². The molecule has 0 bridgehead atoms. The average Bonchev–Trinajstić information content (AvgIpc) is 2.60. The molecule has 0 unspecified atom stereocenters. The quantitative estimate of drug-likeness (QED) is 0.478. The lowest BCUT2D eigenvalue weighted by Gasteiger charge is -2.37. The van der Waals surface area contributed by atoms with Crippen molar-refractivity contribution in [3.63, 3.8) is 0 Å². The van der Waals surface area contributed by atoms with Crippen LogP contribution in [-0.4, -0.2) is 32.0 Å². The van der Waals surface area contributed by atoms with Crippen molar-refractivity contribution in [2.24, 2.45) is 5.92 Å². The highest BCUT2D eigenvalue weighted by atomic mass is 28.3. The van der Waals surface area contributed by atoms with E-state index >= 15 is 0 Å². The maximum absolute atomic E-state index is 13.1. The summed E-state index contributed by atoms with van der Waals surface area (Å²) in [5.41, 5.74) is 0. The zero-order chi connectivity index (χ0) is 18.0. The van der Waals surface area contributed by atoms with Gasteiger partial charge in [0.25, 0.3) is 0 Å². The molecule has 0 spiro atoms. The second-order valence-electron chi connectivity index (χ2n) is 9.51. The van der Waals surface area contributed by atoms with Gasteiger partial charge in [0.1, 0.15) is 0 Å². The molecule has 3 heteroatoms. The maximum Gasteiger partial charge on any atom is 0.225 e. The Bertz CT molecular complexity index is 356. The predicted octanol–water partition coefficient (Wildman–Crippen LogP) is 6.63. The highest BCUT2D eigenvalue weighted by Crippen LogP contribution is 2.27. The van der Waals surface area contributed by atoms with E-state index in [0.717, 1.165) is 25.9 Å². The Hall–Kier alpha value is -0.313. The minimum absolute atomic E-state index is 0.327. The first kappa shape index (κ1) is 21.0. The second-order valence-corrected chi connectivity index (χ2v) is 14.8. The maximum atomic E-state index is 13.1. The zero-order valence-electron chi connectivity index (χ0n) is 17.2. The Morgan fingerprint density at radius 2 is 1.04 bits per heavy atom. The molecule has 0 aromatic rings. The summed E-state index contributed by atoms with van der Waals surface area (Å²) in [6, 6.07) is 2.62. The van der Waals surface area contributed by atoms with Gasteiger partial charge in [-0.3, -0.25) is 4.79 Å². The molecule has 1 heterocycles. The normalized spacial score (nSPS) is 25.8. The van der Waals surface area contributed by atoms with E-state index < -0.39 is 8.07 Å². The van der Waals surface area contributed by atoms with Crippen molar-refractivity contribution in [1.82, 2.24) is 4.90 Å². The molecule has 0 N–H and O–H groups in total. The molecule has 2 rings (SSSR count). The van der Waals surface area contributed by atoms with Gasteiger partial charge >= 0.3 is 0 Å². The molecule has 0 aromatic carbocycles. The van der Waals surface area contributed by atoms with Gasteiger partial charge in [-0.25, -0.2) is 0 Å². The van der Waals surface area contributed by atoms with Crippen molar-refractivity contribution in [3.05, 3.63) is 0 Å². The van der Waals surface area contributed by atoms with E-state index in [4.69, 9.17) is 0 Å². The van der Waals surface area contributed by atoms with Crippen molar-refractivity contribution in [3.8, 4) is 0 Å². The molecule has 0 aromatic heterocycles. The lowest BCUT2D eigenvalue weighted by Crippen LogP contribution is -2.47. The Morgan fingerprint density at radius 3 is 1.44 bits per heavy atom. The minimum atomic E-state index is -0.982. The molecule has 2 nitrogen and oxygen atoms in total. The van der Waals surface area contributed by atoms with Crippen molar-refractivity contribution in [2.75, 3.05) is 13.1 Å². The van der Waals surface area contributed by atoms with Gasteiger partial charge in [-0.2, -0.15) is 0 Å². The third-order valence-electron chi connectivity index (χ3n) is 6.63. The van der Waals surface area contributed by atoms with Crippen LogP contribution in [0, 0.1) is 5.92 Å². The van der Waals surface area contributed by atoms with Crippen molar-refractivity contribution in [2.45, 2.75) is 115 Å². The lowest BCUT2D eigenvalue weighted by atomic mass is 9.93. The van der Waals surface area contributed by atoms with Crippen LogP contribution in [0.2, 0.25) is 25.2 Å². The molecule has 1 aliphatic carbocycles. The Balaban J connectivity index is 1.82. The number of hydrogen-bond donors (Lipinski definition) is 0.